The van der Waals surface area contributed by atoms with Gasteiger partial charge in [0.25, 0.3) is 11.8 Å². The third kappa shape index (κ3) is 6.66. The molecular formula is C21H26N2O4. The first-order valence-corrected chi connectivity index (χ1v) is 9.22. The summed E-state index contributed by atoms with van der Waals surface area (Å²) in [7, 11) is 0. The van der Waals surface area contributed by atoms with Crippen LogP contribution in [-0.2, 0) is 0 Å². The van der Waals surface area contributed by atoms with Gasteiger partial charge in [-0.15, -0.1) is 0 Å². The van der Waals surface area contributed by atoms with Gasteiger partial charge in [0.1, 0.15) is 11.5 Å². The van der Waals surface area contributed by atoms with E-state index in [0.29, 0.717) is 13.1 Å². The topological polar surface area (TPSA) is 98.7 Å². The highest BCUT2D eigenvalue weighted by atomic mass is 16.3. The molecule has 0 radical (unpaired) electrons. The monoisotopic (exact) mass is 370 g/mol. The Balaban J connectivity index is 1.50. The van der Waals surface area contributed by atoms with Crippen LogP contribution in [0.3, 0.4) is 0 Å². The van der Waals surface area contributed by atoms with Crippen LogP contribution in [0.5, 0.6) is 11.5 Å². The number of carbonyl (C=O) groups is 2. The smallest absolute Gasteiger partial charge is 0.255 e. The Hall–Kier alpha value is -3.02. The van der Waals surface area contributed by atoms with Crippen LogP contribution in [0, 0.1) is 0 Å². The molecule has 144 valence electrons. The van der Waals surface area contributed by atoms with Crippen molar-refractivity contribution in [1.82, 2.24) is 10.6 Å². The first-order chi connectivity index (χ1) is 13.1. The Bertz CT molecular complexity index is 698. The molecule has 2 rings (SSSR count). The third-order valence-electron chi connectivity index (χ3n) is 4.22. The van der Waals surface area contributed by atoms with E-state index in [0.717, 1.165) is 32.1 Å². The standard InChI is InChI=1S/C21H26N2O4/c24-18-12-6-4-10-16(18)20(26)22-14-8-2-1-3-9-15-23-21(27)17-11-5-7-13-19(17)25/h4-7,10-13,24-25H,1-3,8-9,14-15H2,(H,22,26)(H,23,27). The van der Waals surface area contributed by atoms with Gasteiger partial charge in [-0.1, -0.05) is 43.5 Å². The lowest BCUT2D eigenvalue weighted by atomic mass is 10.1. The molecule has 0 aromatic heterocycles. The molecule has 0 saturated carbocycles. The van der Waals surface area contributed by atoms with Crippen LogP contribution in [0.25, 0.3) is 0 Å². The fraction of sp³-hybridized carbons (Fsp3) is 0.333. The summed E-state index contributed by atoms with van der Waals surface area (Å²) in [5.74, 6) is -0.554. The molecule has 0 aliphatic rings. The van der Waals surface area contributed by atoms with Crippen LogP contribution in [0.15, 0.2) is 48.5 Å². The van der Waals surface area contributed by atoms with Crippen molar-refractivity contribution in [2.24, 2.45) is 0 Å². The summed E-state index contributed by atoms with van der Waals surface area (Å²) in [6.45, 7) is 1.13. The van der Waals surface area contributed by atoms with E-state index >= 15 is 0 Å². The van der Waals surface area contributed by atoms with Gasteiger partial charge < -0.3 is 20.8 Å². The molecule has 0 saturated heterocycles. The summed E-state index contributed by atoms with van der Waals surface area (Å²) < 4.78 is 0. The van der Waals surface area contributed by atoms with Crippen LogP contribution < -0.4 is 10.6 Å². The number of rotatable bonds is 10. The first kappa shape index (κ1) is 20.3. The van der Waals surface area contributed by atoms with E-state index in [1.165, 1.54) is 12.1 Å². The van der Waals surface area contributed by atoms with Gasteiger partial charge in [-0.05, 0) is 37.1 Å². The number of para-hydroxylation sites is 2. The second-order valence-corrected chi connectivity index (χ2v) is 6.31. The van der Waals surface area contributed by atoms with E-state index in [-0.39, 0.29) is 34.4 Å². The van der Waals surface area contributed by atoms with Gasteiger partial charge in [0.2, 0.25) is 0 Å². The molecule has 2 aromatic carbocycles. The second kappa shape index (κ2) is 10.9. The van der Waals surface area contributed by atoms with Crippen molar-refractivity contribution in [2.45, 2.75) is 32.1 Å². The Labute approximate surface area is 159 Å². The maximum Gasteiger partial charge on any atom is 0.255 e. The predicted molar refractivity (Wildman–Crippen MR) is 104 cm³/mol. The summed E-state index contributed by atoms with van der Waals surface area (Å²) in [6, 6.07) is 13.0. The second-order valence-electron chi connectivity index (χ2n) is 6.31. The van der Waals surface area contributed by atoms with Gasteiger partial charge in [0.05, 0.1) is 11.1 Å². The van der Waals surface area contributed by atoms with Crippen LogP contribution in [0.2, 0.25) is 0 Å². The summed E-state index contributed by atoms with van der Waals surface area (Å²) >= 11 is 0. The minimum absolute atomic E-state index is 0.0131. The number of hydrogen-bond acceptors (Lipinski definition) is 4. The fourth-order valence-electron chi connectivity index (χ4n) is 2.71. The van der Waals surface area contributed by atoms with Crippen molar-refractivity contribution < 1.29 is 19.8 Å². The van der Waals surface area contributed by atoms with E-state index in [1.54, 1.807) is 36.4 Å². The highest BCUT2D eigenvalue weighted by molar-refractivity contribution is 5.97. The first-order valence-electron chi connectivity index (χ1n) is 9.22. The normalized spacial score (nSPS) is 10.4. The van der Waals surface area contributed by atoms with Gasteiger partial charge in [0.15, 0.2) is 0 Å². The molecule has 0 bridgehead atoms. The molecule has 6 nitrogen and oxygen atoms in total. The van der Waals surface area contributed by atoms with Crippen molar-refractivity contribution in [3.05, 3.63) is 59.7 Å². The minimum Gasteiger partial charge on any atom is -0.507 e. The Morgan fingerprint density at radius 1 is 0.630 bits per heavy atom. The molecule has 0 atom stereocenters. The van der Waals surface area contributed by atoms with Gasteiger partial charge in [-0.25, -0.2) is 0 Å². The number of phenols is 2. The highest BCUT2D eigenvalue weighted by Crippen LogP contribution is 2.16. The van der Waals surface area contributed by atoms with Crippen LogP contribution in [0.1, 0.15) is 52.8 Å². The number of carbonyl (C=O) groups excluding carboxylic acids is 2. The molecule has 2 amide bonds. The van der Waals surface area contributed by atoms with E-state index in [2.05, 4.69) is 10.6 Å². The van der Waals surface area contributed by atoms with Gasteiger partial charge >= 0.3 is 0 Å². The molecule has 27 heavy (non-hydrogen) atoms. The molecule has 0 unspecified atom stereocenters. The summed E-state index contributed by atoms with van der Waals surface area (Å²) in [6.07, 6.45) is 4.70. The van der Waals surface area contributed by atoms with Crippen molar-refractivity contribution in [3.8, 4) is 11.5 Å². The van der Waals surface area contributed by atoms with E-state index in [4.69, 9.17) is 0 Å². The molecule has 0 aliphatic carbocycles. The Morgan fingerprint density at radius 3 is 1.41 bits per heavy atom. The molecule has 2 aromatic rings. The Kier molecular flexibility index (Phi) is 8.16. The fourth-order valence-corrected chi connectivity index (χ4v) is 2.71. The molecule has 0 fully saturated rings. The van der Waals surface area contributed by atoms with E-state index in [1.807, 2.05) is 0 Å². The van der Waals surface area contributed by atoms with Crippen molar-refractivity contribution >= 4 is 11.8 Å². The molecule has 4 N–H and O–H groups in total. The molecule has 0 heterocycles. The number of hydrogen-bond donors (Lipinski definition) is 4. The molecular weight excluding hydrogens is 344 g/mol. The molecule has 0 aliphatic heterocycles. The number of amides is 2. The minimum atomic E-state index is -0.264. The summed E-state index contributed by atoms with van der Waals surface area (Å²) in [5, 5.41) is 24.9. The van der Waals surface area contributed by atoms with E-state index in [9.17, 15) is 19.8 Å². The molecule has 6 heteroatoms. The largest absolute Gasteiger partial charge is 0.507 e. The lowest BCUT2D eigenvalue weighted by molar-refractivity contribution is 0.0942. The lowest BCUT2D eigenvalue weighted by Gasteiger charge is -2.07. The lowest BCUT2D eigenvalue weighted by Crippen LogP contribution is -2.24. The van der Waals surface area contributed by atoms with Crippen LogP contribution >= 0.6 is 0 Å². The number of unbranched alkanes of at least 4 members (excludes halogenated alkanes) is 4. The third-order valence-corrected chi connectivity index (χ3v) is 4.22. The van der Waals surface area contributed by atoms with Crippen molar-refractivity contribution in [2.75, 3.05) is 13.1 Å². The van der Waals surface area contributed by atoms with Crippen LogP contribution in [0.4, 0.5) is 0 Å². The number of benzene rings is 2. The average Bonchev–Trinajstić information content (AvgIpc) is 2.67. The summed E-state index contributed by atoms with van der Waals surface area (Å²) in [5.41, 5.74) is 0.579. The Morgan fingerprint density at radius 2 is 1.00 bits per heavy atom. The average molecular weight is 370 g/mol. The number of aromatic hydroxyl groups is 2. The zero-order valence-electron chi connectivity index (χ0n) is 15.3. The quantitative estimate of drug-likeness (QED) is 0.483. The zero-order chi connectivity index (χ0) is 19.5. The number of nitrogens with one attached hydrogen (secondary N) is 2. The SMILES string of the molecule is O=C(NCCCCCCCNC(=O)c1ccccc1O)c1ccccc1O. The van der Waals surface area contributed by atoms with Crippen molar-refractivity contribution in [1.29, 1.82) is 0 Å². The van der Waals surface area contributed by atoms with E-state index < -0.39 is 0 Å². The van der Waals surface area contributed by atoms with Crippen molar-refractivity contribution in [3.63, 3.8) is 0 Å². The van der Waals surface area contributed by atoms with Gasteiger partial charge in [-0.3, -0.25) is 9.59 Å². The predicted octanol–water partition coefficient (Wildman–Crippen LogP) is 3.21. The summed E-state index contributed by atoms with van der Waals surface area (Å²) in [4.78, 5) is 23.8. The van der Waals surface area contributed by atoms with Crippen LogP contribution in [-0.4, -0.2) is 35.1 Å². The zero-order valence-corrected chi connectivity index (χ0v) is 15.3. The molecule has 0 spiro atoms. The van der Waals surface area contributed by atoms with Gasteiger partial charge in [0, 0.05) is 13.1 Å². The van der Waals surface area contributed by atoms with Gasteiger partial charge in [-0.2, -0.15) is 0 Å². The highest BCUT2D eigenvalue weighted by Gasteiger charge is 2.09. The number of phenolic OH excluding ortho intramolecular Hbond substituents is 2. The maximum absolute atomic E-state index is 11.9. The maximum atomic E-state index is 11.9.